The van der Waals surface area contributed by atoms with Crippen LogP contribution in [0.25, 0.3) is 50.3 Å². The van der Waals surface area contributed by atoms with Gasteiger partial charge in [0.15, 0.2) is 59.3 Å². The number of nitrogens with two attached hydrogens (primary N) is 1. The van der Waals surface area contributed by atoms with E-state index < -0.39 is 104 Å². The van der Waals surface area contributed by atoms with Gasteiger partial charge in [-0.05, 0) is 97.6 Å². The number of aryl methyl sites for hydroxylation is 1. The van der Waals surface area contributed by atoms with Crippen molar-refractivity contribution in [3.05, 3.63) is 239 Å². The summed E-state index contributed by atoms with van der Waals surface area (Å²) in [5.74, 6) is -4.32. The summed E-state index contributed by atoms with van der Waals surface area (Å²) < 4.78 is 60.1. The first-order chi connectivity index (χ1) is 54.6. The molecule has 9 heterocycles. The summed E-state index contributed by atoms with van der Waals surface area (Å²) in [5.41, 5.74) is 4.09. The molecule has 1 saturated heterocycles. The number of imidazole rings is 4. The fourth-order valence-electron chi connectivity index (χ4n) is 11.3. The van der Waals surface area contributed by atoms with Gasteiger partial charge in [-0.1, -0.05) is 115 Å². The number of rotatable bonds is 17. The Morgan fingerprint density at radius 3 is 1.47 bits per heavy atom. The lowest BCUT2D eigenvalue weighted by atomic mass is 9.97. The number of aromatic nitrogens is 16. The molecule has 614 valence electrons. The number of hydrogen-bond acceptors (Lipinski definition) is 22. The van der Waals surface area contributed by atoms with Crippen LogP contribution in [0.15, 0.2) is 173 Å². The number of para-hydroxylation sites is 1. The summed E-state index contributed by atoms with van der Waals surface area (Å²) in [6, 6.07) is 35.9. The Morgan fingerprint density at radius 1 is 0.534 bits per heavy atom. The number of benzene rings is 4. The number of carbonyl (C=O) groups excluding carboxylic acids is 4. The van der Waals surface area contributed by atoms with Crippen molar-refractivity contribution in [2.45, 2.75) is 121 Å². The maximum atomic E-state index is 13.9. The van der Waals surface area contributed by atoms with Crippen LogP contribution in [0, 0.1) is 16.2 Å². The van der Waals surface area contributed by atoms with Crippen molar-refractivity contribution in [1.82, 2.24) is 80.9 Å². The number of ether oxygens (including phenoxy) is 3. The predicted molar refractivity (Wildman–Crippen MR) is 420 cm³/mol. The van der Waals surface area contributed by atoms with Crippen molar-refractivity contribution < 1.29 is 56.5 Å². The SMILES string of the molecule is CC(C)(C)C(=O)OCn1c(=O)[nH]c(=O)c2c1ncn2Cc1ccccc1.Cn1c(=O)c2[nH]cnc2n(COC(=O)C(C)(C)C)c1=O.Cn1c(=O)c2c(ncn2Cc2ccccc2)n(COC(=O)C(C)(C)C)c1=O.NC(=O)Cn1c(=O)n(CCc2ccccc2)c(=O)c2c1nc(N1CCNCC1)n2-c1ccccc1Cl.O=C(O)C(F)(F)F. The second-order valence-electron chi connectivity index (χ2n) is 29.4. The summed E-state index contributed by atoms with van der Waals surface area (Å²) in [5, 5.41) is 10.9. The first-order valence-electron chi connectivity index (χ1n) is 35.7. The molecule has 12 aromatic rings. The number of halogens is 4. The summed E-state index contributed by atoms with van der Waals surface area (Å²) >= 11 is 6.58. The number of carboxylic acids is 1. The van der Waals surface area contributed by atoms with Gasteiger partial charge in [0.1, 0.15) is 12.1 Å². The van der Waals surface area contributed by atoms with Crippen molar-refractivity contribution in [2.24, 2.45) is 36.1 Å². The standard InChI is InChI=1S/C25H26ClN7O3.C19H22N4O4.C18H20N4O4.C12H16N4O4.C2HF3O2/c26-18-8-4-5-9-19(18)33-21-22(29-24(33)30-14-11-28-12-15-30)32(16-20(27)34)25(36)31(23(21)35)13-10-17-6-2-1-3-7-17;1-19(2,3)17(25)27-12-23-15-14(16(24)21(4)18(23)26)22(11-20-15)10-13-8-6-5-7-9-13;1-18(2,3)16(24)26-11-22-14-13(15(23)20-17(22)25)21(10-19-14)9-12-7-5-4-6-8-12;1-12(2,3)10(18)20-6-16-8-7(13-5-14-8)9(17)15(4)11(16)19;3-2(4,5)1(6)7/h1-9,28H,10-16H2,(H2,27,34);5-9,11H,10,12H2,1-4H3;4-8,10H,9,11H2,1-3H3,(H,20,23,25);5H,6H2,1-4H3,(H,13,14);(H,6,7). The average Bonchev–Trinajstić information content (AvgIpc) is 1.57. The minimum absolute atomic E-state index is 0.105. The Morgan fingerprint density at radius 2 is 0.983 bits per heavy atom. The van der Waals surface area contributed by atoms with Crippen LogP contribution in [-0.4, -0.2) is 143 Å². The first kappa shape index (κ1) is 86.7. The molecule has 4 aromatic carbocycles. The number of piperazine rings is 1. The van der Waals surface area contributed by atoms with Crippen molar-refractivity contribution in [3.63, 3.8) is 0 Å². The van der Waals surface area contributed by atoms with Crippen LogP contribution in [0.1, 0.15) is 79.0 Å². The van der Waals surface area contributed by atoms with Crippen LogP contribution in [0.5, 0.6) is 0 Å². The molecule has 0 unspecified atom stereocenters. The van der Waals surface area contributed by atoms with Crippen molar-refractivity contribution in [3.8, 4) is 5.69 Å². The van der Waals surface area contributed by atoms with E-state index in [1.165, 1.54) is 42.2 Å². The van der Waals surface area contributed by atoms with Gasteiger partial charge in [-0.2, -0.15) is 18.2 Å². The Balaban J connectivity index is 0.000000175. The van der Waals surface area contributed by atoms with Crippen molar-refractivity contribution in [2.75, 3.05) is 31.1 Å². The van der Waals surface area contributed by atoms with Crippen LogP contribution in [0.2, 0.25) is 5.02 Å². The third-order valence-corrected chi connectivity index (χ3v) is 17.8. The number of fused-ring (bicyclic) bond motifs is 4. The average molecular weight is 1630 g/mol. The second kappa shape index (κ2) is 36.2. The van der Waals surface area contributed by atoms with Crippen LogP contribution < -0.4 is 60.9 Å². The Hall–Kier alpha value is -13.3. The van der Waals surface area contributed by atoms with Gasteiger partial charge < -0.3 is 49.4 Å². The molecule has 0 aliphatic carbocycles. The highest BCUT2D eigenvalue weighted by Gasteiger charge is 2.38. The molecule has 1 aliphatic rings. The number of carbonyl (C=O) groups is 5. The number of nitrogens with zero attached hydrogens (tertiary/aromatic N) is 15. The number of aliphatic carboxylic acids is 1. The fourth-order valence-corrected chi connectivity index (χ4v) is 11.5. The normalized spacial score (nSPS) is 12.4. The van der Waals surface area contributed by atoms with Gasteiger partial charge in [0.2, 0.25) is 11.9 Å². The summed E-state index contributed by atoms with van der Waals surface area (Å²) in [4.78, 5) is 182. The van der Waals surface area contributed by atoms with Crippen LogP contribution in [-0.2, 0) is 105 Å². The number of anilines is 1. The number of carboxylic acid groups (broad SMARTS) is 1. The van der Waals surface area contributed by atoms with E-state index in [0.29, 0.717) is 49.3 Å². The van der Waals surface area contributed by atoms with E-state index in [0.717, 1.165) is 52.6 Å². The number of primary amides is 1. The fraction of sp³-hybridized carbons (Fsp3) is 0.355. The minimum Gasteiger partial charge on any atom is -0.475 e. The van der Waals surface area contributed by atoms with Gasteiger partial charge in [0, 0.05) is 59.9 Å². The van der Waals surface area contributed by atoms with E-state index in [1.807, 2.05) is 102 Å². The topological polar surface area (TPSA) is 444 Å². The molecule has 13 rings (SSSR count). The van der Waals surface area contributed by atoms with Gasteiger partial charge in [0.05, 0.1) is 45.9 Å². The Kier molecular flexibility index (Phi) is 27.1. The third-order valence-electron chi connectivity index (χ3n) is 17.5. The molecule has 6 N–H and O–H groups in total. The molecular weight excluding hydrogens is 1540 g/mol. The van der Waals surface area contributed by atoms with E-state index in [2.05, 4.69) is 30.2 Å². The molecule has 0 atom stereocenters. The highest BCUT2D eigenvalue weighted by atomic mass is 35.5. The quantitative estimate of drug-likeness (QED) is 0.0608. The van der Waals surface area contributed by atoms with E-state index in [-0.39, 0.29) is 71.4 Å². The molecule has 116 heavy (non-hydrogen) atoms. The summed E-state index contributed by atoms with van der Waals surface area (Å²) in [6.07, 6.45) is -0.300. The molecule has 1 aliphatic heterocycles. The van der Waals surface area contributed by atoms with Gasteiger partial charge in [-0.25, -0.2) is 52.6 Å². The molecule has 0 spiro atoms. The van der Waals surface area contributed by atoms with Gasteiger partial charge in [-0.15, -0.1) is 0 Å². The molecule has 0 radical (unpaired) electrons. The number of esters is 3. The van der Waals surface area contributed by atoms with Crippen LogP contribution in [0.4, 0.5) is 19.1 Å². The number of hydrogen-bond donors (Lipinski definition) is 5. The smallest absolute Gasteiger partial charge is 0.475 e. The second-order valence-corrected chi connectivity index (χ2v) is 29.8. The lowest BCUT2D eigenvalue weighted by molar-refractivity contribution is -0.192. The number of amides is 1. The Labute approximate surface area is 660 Å². The molecule has 1 amide bonds. The molecule has 0 saturated carbocycles. The number of nitrogens with one attached hydrogen (secondary N) is 3. The highest BCUT2D eigenvalue weighted by Crippen LogP contribution is 2.30. The van der Waals surface area contributed by atoms with E-state index in [1.54, 1.807) is 94.2 Å². The van der Waals surface area contributed by atoms with Crippen LogP contribution in [0.3, 0.4) is 0 Å². The van der Waals surface area contributed by atoms with Gasteiger partial charge in [-0.3, -0.25) is 66.2 Å². The zero-order chi connectivity index (χ0) is 85.1. The van der Waals surface area contributed by atoms with Crippen molar-refractivity contribution >= 4 is 92.0 Å². The van der Waals surface area contributed by atoms with Gasteiger partial charge in [0.25, 0.3) is 22.2 Å². The lowest BCUT2D eigenvalue weighted by Gasteiger charge is -2.28. The molecule has 36 nitrogen and oxygen atoms in total. The van der Waals surface area contributed by atoms with E-state index in [4.69, 9.17) is 46.4 Å². The van der Waals surface area contributed by atoms with Crippen LogP contribution >= 0.6 is 11.6 Å². The zero-order valence-corrected chi connectivity index (χ0v) is 65.7. The highest BCUT2D eigenvalue weighted by molar-refractivity contribution is 6.32. The largest absolute Gasteiger partial charge is 0.490 e. The van der Waals surface area contributed by atoms with Crippen molar-refractivity contribution in [1.29, 1.82) is 0 Å². The summed E-state index contributed by atoms with van der Waals surface area (Å²) in [7, 11) is 2.75. The number of aromatic amines is 2. The molecule has 0 bridgehead atoms. The number of H-pyrrole nitrogens is 2. The molecular formula is C76H85ClF3N19O17. The monoisotopic (exact) mass is 1630 g/mol. The summed E-state index contributed by atoms with van der Waals surface area (Å²) in [6.45, 7) is 17.9. The lowest BCUT2D eigenvalue weighted by Crippen LogP contribution is -2.44. The first-order valence-corrected chi connectivity index (χ1v) is 36.1. The molecule has 8 aromatic heterocycles. The zero-order valence-electron chi connectivity index (χ0n) is 65.0. The molecule has 1 fully saturated rings. The maximum absolute atomic E-state index is 13.9. The Bertz CT molecular complexity index is 6140. The predicted octanol–water partition coefficient (Wildman–Crippen LogP) is 4.72. The minimum atomic E-state index is -5.08. The maximum Gasteiger partial charge on any atom is 0.490 e. The van der Waals surface area contributed by atoms with E-state index in [9.17, 15) is 70.7 Å². The van der Waals surface area contributed by atoms with Gasteiger partial charge >= 0.3 is 52.8 Å². The van der Waals surface area contributed by atoms with E-state index >= 15 is 0 Å². The third kappa shape index (κ3) is 20.4. The number of alkyl halides is 3. The molecule has 40 heteroatoms.